The van der Waals surface area contributed by atoms with Crippen molar-refractivity contribution in [3.05, 3.63) is 47.5 Å². The van der Waals surface area contributed by atoms with Crippen LogP contribution in [0.15, 0.2) is 36.4 Å². The molecule has 1 aliphatic rings. The summed E-state index contributed by atoms with van der Waals surface area (Å²) in [4.78, 5) is 14.7. The molecule has 0 amide bonds. The van der Waals surface area contributed by atoms with Crippen molar-refractivity contribution >= 4 is 34.3 Å². The Balaban J connectivity index is 2.11. The van der Waals surface area contributed by atoms with Gasteiger partial charge in [-0.3, -0.25) is 10.3 Å². The van der Waals surface area contributed by atoms with Gasteiger partial charge in [0.1, 0.15) is 11.6 Å². The third-order valence-electron chi connectivity index (χ3n) is 4.61. The van der Waals surface area contributed by atoms with Crippen LogP contribution in [0, 0.1) is 0 Å². The standard InChI is InChI=1S/C20H24N2O2S/c1-20(2)12-16-14-7-5-4-6-13(14)8-9-15(16)18(22-20)21-17(19(23)24)10-11-25-3/h4-9,17H,10-12H2,1-3H3,(H,21,22)(H,23,24)/t17-/m1/s1. The van der Waals surface area contributed by atoms with E-state index in [-0.39, 0.29) is 5.54 Å². The Hall–Kier alpha value is -2.01. The molecule has 0 radical (unpaired) electrons. The van der Waals surface area contributed by atoms with E-state index < -0.39 is 12.0 Å². The number of nitrogens with one attached hydrogen (secondary N) is 2. The first kappa shape index (κ1) is 17.8. The lowest BCUT2D eigenvalue weighted by atomic mass is 9.84. The monoisotopic (exact) mass is 356 g/mol. The zero-order valence-corrected chi connectivity index (χ0v) is 15.7. The summed E-state index contributed by atoms with van der Waals surface area (Å²) in [6, 6.07) is 11.8. The highest BCUT2D eigenvalue weighted by molar-refractivity contribution is 7.98. The lowest BCUT2D eigenvalue weighted by Crippen LogP contribution is -2.87. The van der Waals surface area contributed by atoms with E-state index in [1.165, 1.54) is 16.3 Å². The molecule has 0 spiro atoms. The van der Waals surface area contributed by atoms with E-state index in [1.54, 1.807) is 11.8 Å². The fraction of sp³-hybridized carbons (Fsp3) is 0.400. The predicted octanol–water partition coefficient (Wildman–Crippen LogP) is 0.463. The molecule has 0 fully saturated rings. The van der Waals surface area contributed by atoms with Crippen LogP contribution in [0.1, 0.15) is 31.4 Å². The second-order valence-corrected chi connectivity index (χ2v) is 8.16. The molecule has 0 bridgehead atoms. The van der Waals surface area contributed by atoms with Crippen molar-refractivity contribution in [1.82, 2.24) is 5.32 Å². The first-order valence-corrected chi connectivity index (χ1v) is 9.93. The number of carboxylic acid groups (broad SMARTS) is 1. The van der Waals surface area contributed by atoms with E-state index in [1.807, 2.05) is 18.4 Å². The largest absolute Gasteiger partial charge is 0.546 e. The summed E-state index contributed by atoms with van der Waals surface area (Å²) in [7, 11) is 0. The molecule has 2 aromatic rings. The SMILES string of the molecule is CSCC[C@@H]([NH+]=C1NC(C)(C)Cc2c1ccc1ccccc21)C(=O)[O-]. The van der Waals surface area contributed by atoms with Gasteiger partial charge in [0, 0.05) is 12.8 Å². The highest BCUT2D eigenvalue weighted by Crippen LogP contribution is 2.29. The Morgan fingerprint density at radius 3 is 2.80 bits per heavy atom. The zero-order valence-electron chi connectivity index (χ0n) is 14.9. The van der Waals surface area contributed by atoms with E-state index in [0.29, 0.717) is 6.42 Å². The molecule has 0 saturated carbocycles. The smallest absolute Gasteiger partial charge is 0.276 e. The Morgan fingerprint density at radius 1 is 1.32 bits per heavy atom. The summed E-state index contributed by atoms with van der Waals surface area (Å²) in [6.45, 7) is 4.27. The van der Waals surface area contributed by atoms with E-state index in [0.717, 1.165) is 23.6 Å². The number of carbonyl (C=O) groups excluding carboxylic acids is 1. The molecule has 2 aromatic carbocycles. The first-order chi connectivity index (χ1) is 11.9. The van der Waals surface area contributed by atoms with Crippen LogP contribution in [0.25, 0.3) is 10.8 Å². The number of carbonyl (C=O) groups is 1. The fourth-order valence-electron chi connectivity index (χ4n) is 3.43. The predicted molar refractivity (Wildman–Crippen MR) is 102 cm³/mol. The molecule has 25 heavy (non-hydrogen) atoms. The van der Waals surface area contributed by atoms with Gasteiger partial charge < -0.3 is 9.90 Å². The van der Waals surface area contributed by atoms with Gasteiger partial charge >= 0.3 is 0 Å². The lowest BCUT2D eigenvalue weighted by Gasteiger charge is -2.30. The molecule has 1 aliphatic heterocycles. The summed E-state index contributed by atoms with van der Waals surface area (Å²) >= 11 is 1.64. The Kier molecular flexibility index (Phi) is 5.04. The minimum Gasteiger partial charge on any atom is -0.546 e. The molecular formula is C20H24N2O2S. The Labute approximate surface area is 152 Å². The van der Waals surface area contributed by atoms with Crippen molar-refractivity contribution in [3.8, 4) is 0 Å². The summed E-state index contributed by atoms with van der Waals surface area (Å²) < 4.78 is 0. The first-order valence-electron chi connectivity index (χ1n) is 8.54. The number of hydrogen-bond donors (Lipinski definition) is 2. The van der Waals surface area contributed by atoms with Gasteiger partial charge in [-0.05, 0) is 48.3 Å². The van der Waals surface area contributed by atoms with Crippen LogP contribution in [0.5, 0.6) is 0 Å². The minimum absolute atomic E-state index is 0.157. The number of amidine groups is 1. The maximum atomic E-state index is 11.5. The van der Waals surface area contributed by atoms with E-state index in [9.17, 15) is 9.90 Å². The van der Waals surface area contributed by atoms with Crippen LogP contribution in [0.3, 0.4) is 0 Å². The molecule has 5 heteroatoms. The number of carboxylic acids is 1. The summed E-state index contributed by atoms with van der Waals surface area (Å²) in [5.41, 5.74) is 2.15. The van der Waals surface area contributed by atoms with E-state index in [4.69, 9.17) is 0 Å². The van der Waals surface area contributed by atoms with Crippen LogP contribution in [0.4, 0.5) is 0 Å². The molecule has 3 rings (SSSR count). The number of benzene rings is 2. The summed E-state index contributed by atoms with van der Waals surface area (Å²) in [5.74, 6) is 0.494. The van der Waals surface area contributed by atoms with Gasteiger partial charge in [0.25, 0.3) is 5.84 Å². The van der Waals surface area contributed by atoms with Crippen LogP contribution >= 0.6 is 11.8 Å². The highest BCUT2D eigenvalue weighted by atomic mass is 32.2. The van der Waals surface area contributed by atoms with Crippen LogP contribution in [-0.2, 0) is 11.2 Å². The number of thioether (sulfide) groups is 1. The Bertz CT molecular complexity index is 830. The number of aliphatic carboxylic acids is 1. The van der Waals surface area contributed by atoms with Gasteiger partial charge in [0.2, 0.25) is 0 Å². The molecule has 2 N–H and O–H groups in total. The van der Waals surface area contributed by atoms with Gasteiger partial charge in [-0.25, -0.2) is 0 Å². The maximum absolute atomic E-state index is 11.5. The summed E-state index contributed by atoms with van der Waals surface area (Å²) in [6.07, 6.45) is 3.39. The fourth-order valence-corrected chi connectivity index (χ4v) is 3.90. The third kappa shape index (κ3) is 3.82. The molecule has 4 nitrogen and oxygen atoms in total. The van der Waals surface area contributed by atoms with Gasteiger partial charge in [-0.2, -0.15) is 11.8 Å². The molecule has 0 aliphatic carbocycles. The van der Waals surface area contributed by atoms with E-state index in [2.05, 4.69) is 48.4 Å². The second-order valence-electron chi connectivity index (χ2n) is 7.17. The third-order valence-corrected chi connectivity index (χ3v) is 5.25. The van der Waals surface area contributed by atoms with Crippen molar-refractivity contribution in [2.24, 2.45) is 0 Å². The molecule has 0 unspecified atom stereocenters. The maximum Gasteiger partial charge on any atom is 0.276 e. The number of hydrogen-bond acceptors (Lipinski definition) is 3. The molecule has 1 atom stereocenters. The van der Waals surface area contributed by atoms with Crippen LogP contribution < -0.4 is 15.4 Å². The molecular weight excluding hydrogens is 332 g/mol. The van der Waals surface area contributed by atoms with Crippen LogP contribution in [-0.4, -0.2) is 35.4 Å². The van der Waals surface area contributed by atoms with Crippen molar-refractivity contribution in [2.75, 3.05) is 12.0 Å². The van der Waals surface area contributed by atoms with Crippen molar-refractivity contribution in [3.63, 3.8) is 0 Å². The van der Waals surface area contributed by atoms with Gasteiger partial charge in [0.15, 0.2) is 0 Å². The van der Waals surface area contributed by atoms with E-state index >= 15 is 0 Å². The quantitative estimate of drug-likeness (QED) is 0.817. The van der Waals surface area contributed by atoms with Crippen molar-refractivity contribution in [1.29, 1.82) is 0 Å². The average Bonchev–Trinajstić information content (AvgIpc) is 2.57. The average molecular weight is 356 g/mol. The Morgan fingerprint density at radius 2 is 2.08 bits per heavy atom. The zero-order chi connectivity index (χ0) is 18.0. The number of fused-ring (bicyclic) bond motifs is 3. The van der Waals surface area contributed by atoms with Gasteiger partial charge in [-0.1, -0.05) is 30.3 Å². The lowest BCUT2D eigenvalue weighted by molar-refractivity contribution is -0.508. The molecule has 1 heterocycles. The normalized spacial score (nSPS) is 18.6. The topological polar surface area (TPSA) is 66.1 Å². The van der Waals surface area contributed by atoms with Gasteiger partial charge in [-0.15, -0.1) is 0 Å². The minimum atomic E-state index is -1.06. The van der Waals surface area contributed by atoms with Crippen molar-refractivity contribution < 1.29 is 14.9 Å². The number of rotatable bonds is 5. The van der Waals surface area contributed by atoms with Crippen molar-refractivity contribution in [2.45, 2.75) is 38.3 Å². The highest BCUT2D eigenvalue weighted by Gasteiger charge is 2.35. The van der Waals surface area contributed by atoms with Gasteiger partial charge in [0.05, 0.1) is 11.5 Å². The van der Waals surface area contributed by atoms with Crippen LogP contribution in [0.2, 0.25) is 0 Å². The summed E-state index contributed by atoms with van der Waals surface area (Å²) in [5, 5.41) is 17.5. The molecule has 0 saturated heterocycles. The second kappa shape index (κ2) is 7.08. The molecule has 0 aromatic heterocycles. The molecule has 132 valence electrons.